The van der Waals surface area contributed by atoms with E-state index < -0.39 is 0 Å². The monoisotopic (exact) mass is 150 g/mol. The molecule has 0 aliphatic heterocycles. The summed E-state index contributed by atoms with van der Waals surface area (Å²) in [7, 11) is 0. The van der Waals surface area contributed by atoms with Gasteiger partial charge in [-0.25, -0.2) is 0 Å². The Morgan fingerprint density at radius 1 is 1.36 bits per heavy atom. The zero-order valence-electron chi connectivity index (χ0n) is 7.35. The number of ketones is 1. The van der Waals surface area contributed by atoms with Gasteiger partial charge in [0.1, 0.15) is 0 Å². The first-order valence-corrected chi connectivity index (χ1v) is 3.60. The second kappa shape index (κ2) is 4.67. The van der Waals surface area contributed by atoms with Crippen LogP contribution in [0.1, 0.15) is 20.8 Å². The molecule has 1 heteroatoms. The van der Waals surface area contributed by atoms with Crippen molar-refractivity contribution in [3.63, 3.8) is 0 Å². The second-order valence-corrected chi connectivity index (χ2v) is 2.36. The SMILES string of the molecule is C=C/C(C(C)=O)=C(C)\C=C/C. The molecule has 0 unspecified atom stereocenters. The van der Waals surface area contributed by atoms with Crippen LogP contribution in [-0.2, 0) is 4.79 Å². The summed E-state index contributed by atoms with van der Waals surface area (Å²) in [4.78, 5) is 10.9. The highest BCUT2D eigenvalue weighted by atomic mass is 16.1. The van der Waals surface area contributed by atoms with E-state index >= 15 is 0 Å². The molecule has 0 amide bonds. The molecule has 0 aliphatic carbocycles. The first-order valence-electron chi connectivity index (χ1n) is 3.60. The Balaban J connectivity index is 4.82. The number of hydrogen-bond acceptors (Lipinski definition) is 1. The Morgan fingerprint density at radius 2 is 1.91 bits per heavy atom. The molecule has 11 heavy (non-hydrogen) atoms. The lowest BCUT2D eigenvalue weighted by Gasteiger charge is -1.98. The lowest BCUT2D eigenvalue weighted by molar-refractivity contribution is -0.113. The third-order valence-electron chi connectivity index (χ3n) is 1.42. The molecular weight excluding hydrogens is 136 g/mol. The van der Waals surface area contributed by atoms with Crippen LogP contribution in [0.25, 0.3) is 0 Å². The number of hydrogen-bond donors (Lipinski definition) is 0. The van der Waals surface area contributed by atoms with E-state index in [4.69, 9.17) is 0 Å². The van der Waals surface area contributed by atoms with Gasteiger partial charge in [-0.3, -0.25) is 4.79 Å². The Bertz CT molecular complexity index is 219. The summed E-state index contributed by atoms with van der Waals surface area (Å²) in [5.74, 6) is 0.0654. The van der Waals surface area contributed by atoms with Gasteiger partial charge in [0.05, 0.1) is 0 Å². The molecule has 0 aromatic carbocycles. The molecule has 0 aromatic heterocycles. The topological polar surface area (TPSA) is 17.1 Å². The summed E-state index contributed by atoms with van der Waals surface area (Å²) in [5, 5.41) is 0. The molecule has 0 atom stereocenters. The van der Waals surface area contributed by atoms with E-state index in [9.17, 15) is 4.79 Å². The Hall–Kier alpha value is -1.11. The van der Waals surface area contributed by atoms with Crippen LogP contribution in [0.4, 0.5) is 0 Å². The quantitative estimate of drug-likeness (QED) is 0.446. The molecule has 0 heterocycles. The number of rotatable bonds is 3. The van der Waals surface area contributed by atoms with Crippen molar-refractivity contribution < 1.29 is 4.79 Å². The molecule has 0 fully saturated rings. The highest BCUT2D eigenvalue weighted by Gasteiger charge is 2.00. The molecule has 0 N–H and O–H groups in total. The second-order valence-electron chi connectivity index (χ2n) is 2.36. The van der Waals surface area contributed by atoms with Gasteiger partial charge >= 0.3 is 0 Å². The third kappa shape index (κ3) is 2.99. The fraction of sp³-hybridized carbons (Fsp3) is 0.300. The Morgan fingerprint density at radius 3 is 2.18 bits per heavy atom. The van der Waals surface area contributed by atoms with Crippen LogP contribution in [0, 0.1) is 0 Å². The first kappa shape index (κ1) is 9.89. The number of Topliss-reactive ketones (excluding diaryl/α,β-unsaturated/α-hetero) is 1. The van der Waals surface area contributed by atoms with Gasteiger partial charge in [0, 0.05) is 5.57 Å². The van der Waals surface area contributed by atoms with Crippen LogP contribution in [0.3, 0.4) is 0 Å². The summed E-state index contributed by atoms with van der Waals surface area (Å²) in [6, 6.07) is 0. The standard InChI is InChI=1S/C10H14O/c1-5-7-8(3)10(6-2)9(4)11/h5-7H,2H2,1,3-4H3/b7-5-,10-8+. The van der Waals surface area contributed by atoms with Gasteiger partial charge in [-0.15, -0.1) is 0 Å². The van der Waals surface area contributed by atoms with Crippen LogP contribution in [0.15, 0.2) is 36.0 Å². The largest absolute Gasteiger partial charge is 0.295 e. The predicted octanol–water partition coefficient (Wildman–Crippen LogP) is 2.65. The van der Waals surface area contributed by atoms with E-state index in [0.29, 0.717) is 5.57 Å². The fourth-order valence-corrected chi connectivity index (χ4v) is 0.922. The fourth-order valence-electron chi connectivity index (χ4n) is 0.922. The van der Waals surface area contributed by atoms with Gasteiger partial charge < -0.3 is 0 Å². The Kier molecular flexibility index (Phi) is 4.20. The van der Waals surface area contributed by atoms with Crippen LogP contribution in [-0.4, -0.2) is 5.78 Å². The lowest BCUT2D eigenvalue weighted by Crippen LogP contribution is -1.95. The zero-order valence-corrected chi connectivity index (χ0v) is 7.35. The minimum Gasteiger partial charge on any atom is -0.295 e. The summed E-state index contributed by atoms with van der Waals surface area (Å²) in [5.41, 5.74) is 1.66. The summed E-state index contributed by atoms with van der Waals surface area (Å²) < 4.78 is 0. The molecule has 0 spiro atoms. The minimum atomic E-state index is 0.0654. The van der Waals surface area contributed by atoms with Crippen molar-refractivity contribution in [1.29, 1.82) is 0 Å². The van der Waals surface area contributed by atoms with E-state index in [1.165, 1.54) is 0 Å². The highest BCUT2D eigenvalue weighted by molar-refractivity contribution is 5.97. The van der Waals surface area contributed by atoms with Crippen molar-refractivity contribution in [1.82, 2.24) is 0 Å². The van der Waals surface area contributed by atoms with Crippen LogP contribution >= 0.6 is 0 Å². The lowest BCUT2D eigenvalue weighted by atomic mass is 10.1. The van der Waals surface area contributed by atoms with E-state index in [1.54, 1.807) is 13.0 Å². The van der Waals surface area contributed by atoms with E-state index in [1.807, 2.05) is 26.0 Å². The maximum atomic E-state index is 10.9. The average Bonchev–Trinajstić information content (AvgIpc) is 1.88. The van der Waals surface area contributed by atoms with Crippen molar-refractivity contribution in [2.24, 2.45) is 0 Å². The van der Waals surface area contributed by atoms with Gasteiger partial charge in [-0.05, 0) is 26.3 Å². The molecule has 60 valence electrons. The van der Waals surface area contributed by atoms with Crippen LogP contribution in [0.2, 0.25) is 0 Å². The van der Waals surface area contributed by atoms with Crippen molar-refractivity contribution in [3.05, 3.63) is 36.0 Å². The zero-order chi connectivity index (χ0) is 8.85. The smallest absolute Gasteiger partial charge is 0.160 e. The summed E-state index contributed by atoms with van der Waals surface area (Å²) >= 11 is 0. The molecule has 0 radical (unpaired) electrons. The van der Waals surface area contributed by atoms with E-state index in [0.717, 1.165) is 5.57 Å². The molecule has 0 saturated heterocycles. The van der Waals surface area contributed by atoms with Crippen molar-refractivity contribution in [2.75, 3.05) is 0 Å². The maximum absolute atomic E-state index is 10.9. The molecule has 0 aliphatic rings. The van der Waals surface area contributed by atoms with Gasteiger partial charge in [-0.2, -0.15) is 0 Å². The van der Waals surface area contributed by atoms with Crippen molar-refractivity contribution in [2.45, 2.75) is 20.8 Å². The molecule has 0 aromatic rings. The Labute approximate surface area is 68.1 Å². The highest BCUT2D eigenvalue weighted by Crippen LogP contribution is 2.07. The summed E-state index contributed by atoms with van der Waals surface area (Å²) in [6.45, 7) is 8.94. The predicted molar refractivity (Wildman–Crippen MR) is 48.4 cm³/mol. The molecular formula is C10H14O. The van der Waals surface area contributed by atoms with E-state index in [-0.39, 0.29) is 5.78 Å². The maximum Gasteiger partial charge on any atom is 0.160 e. The van der Waals surface area contributed by atoms with Crippen LogP contribution < -0.4 is 0 Å². The first-order chi connectivity index (χ1) is 5.13. The van der Waals surface area contributed by atoms with Crippen molar-refractivity contribution >= 4 is 5.78 Å². The van der Waals surface area contributed by atoms with E-state index in [2.05, 4.69) is 6.58 Å². The van der Waals surface area contributed by atoms with Gasteiger partial charge in [0.2, 0.25) is 0 Å². The number of carbonyl (C=O) groups excluding carboxylic acids is 1. The number of allylic oxidation sites excluding steroid dienone is 5. The minimum absolute atomic E-state index is 0.0654. The third-order valence-corrected chi connectivity index (χ3v) is 1.42. The van der Waals surface area contributed by atoms with Gasteiger partial charge in [-0.1, -0.05) is 24.8 Å². The van der Waals surface area contributed by atoms with Crippen LogP contribution in [0.5, 0.6) is 0 Å². The molecule has 0 rings (SSSR count). The van der Waals surface area contributed by atoms with Gasteiger partial charge in [0.15, 0.2) is 5.78 Å². The normalized spacial score (nSPS) is 13.0. The van der Waals surface area contributed by atoms with Crippen molar-refractivity contribution in [3.8, 4) is 0 Å². The molecule has 1 nitrogen and oxygen atoms in total. The summed E-state index contributed by atoms with van der Waals surface area (Å²) in [6.07, 6.45) is 5.40. The number of carbonyl (C=O) groups is 1. The molecule has 0 saturated carbocycles. The van der Waals surface area contributed by atoms with Gasteiger partial charge in [0.25, 0.3) is 0 Å². The average molecular weight is 150 g/mol. The molecule has 0 bridgehead atoms.